The number of aromatic nitrogens is 1. The first-order valence-electron chi connectivity index (χ1n) is 7.68. The molecule has 5 heteroatoms. The highest BCUT2D eigenvalue weighted by atomic mass is 35.5. The van der Waals surface area contributed by atoms with Crippen molar-refractivity contribution in [1.29, 1.82) is 0 Å². The molecule has 2 aromatic rings. The van der Waals surface area contributed by atoms with Crippen molar-refractivity contribution < 1.29 is 0 Å². The van der Waals surface area contributed by atoms with Crippen LogP contribution in [0.4, 0.5) is 0 Å². The smallest absolute Gasteiger partial charge is 0.0705 e. The van der Waals surface area contributed by atoms with E-state index in [0.29, 0.717) is 6.04 Å². The van der Waals surface area contributed by atoms with Crippen molar-refractivity contribution in [2.75, 3.05) is 26.2 Å². The predicted octanol–water partition coefficient (Wildman–Crippen LogP) is 3.99. The molecule has 0 spiro atoms. The lowest BCUT2D eigenvalue weighted by Crippen LogP contribution is -2.45. The molecule has 0 bridgehead atoms. The molecule has 0 aliphatic carbocycles. The quantitative estimate of drug-likeness (QED) is 0.842. The molecule has 1 aromatic heterocycles. The molecule has 126 valence electrons. The Kier molecular flexibility index (Phi) is 8.00. The van der Waals surface area contributed by atoms with Crippen molar-refractivity contribution in [1.82, 2.24) is 15.2 Å². The van der Waals surface area contributed by atoms with Crippen LogP contribution in [0.3, 0.4) is 0 Å². The summed E-state index contributed by atoms with van der Waals surface area (Å²) in [5.74, 6) is 0. The van der Waals surface area contributed by atoms with E-state index in [1.54, 1.807) is 0 Å². The fourth-order valence-corrected chi connectivity index (χ4v) is 3.17. The summed E-state index contributed by atoms with van der Waals surface area (Å²) in [5.41, 5.74) is 3.70. The van der Waals surface area contributed by atoms with E-state index in [9.17, 15) is 0 Å². The van der Waals surface area contributed by atoms with E-state index < -0.39 is 0 Å². The van der Waals surface area contributed by atoms with Gasteiger partial charge in [0.05, 0.1) is 5.52 Å². The summed E-state index contributed by atoms with van der Waals surface area (Å²) in [7, 11) is 0. The van der Waals surface area contributed by atoms with Gasteiger partial charge in [-0.05, 0) is 31.0 Å². The summed E-state index contributed by atoms with van der Waals surface area (Å²) < 4.78 is 0. The molecule has 0 saturated carbocycles. The molecule has 0 radical (unpaired) electrons. The second kappa shape index (κ2) is 9.24. The molecule has 1 aliphatic heterocycles. The summed E-state index contributed by atoms with van der Waals surface area (Å²) >= 11 is 0. The Balaban J connectivity index is 0.00000132. The summed E-state index contributed by atoms with van der Waals surface area (Å²) in [5, 5.41) is 4.70. The van der Waals surface area contributed by atoms with Gasteiger partial charge in [-0.1, -0.05) is 23.8 Å². The molecule has 1 N–H and O–H groups in total. The van der Waals surface area contributed by atoms with Crippen molar-refractivity contribution in [3.8, 4) is 0 Å². The molecule has 1 aliphatic rings. The van der Waals surface area contributed by atoms with Gasteiger partial charge in [-0.15, -0.1) is 31.4 Å². The highest BCUT2D eigenvalue weighted by Gasteiger charge is 2.23. The lowest BCUT2D eigenvalue weighted by molar-refractivity contribution is 0.173. The third-order valence-electron chi connectivity index (χ3n) is 4.18. The van der Waals surface area contributed by atoms with Gasteiger partial charge in [-0.2, -0.15) is 0 Å². The molecular formula is C18H25Cl2N3. The Labute approximate surface area is 151 Å². The van der Waals surface area contributed by atoms with E-state index in [0.717, 1.165) is 38.1 Å². The maximum Gasteiger partial charge on any atom is 0.0705 e. The normalized spacial score (nSPS) is 16.2. The van der Waals surface area contributed by atoms with Crippen molar-refractivity contribution in [3.63, 3.8) is 0 Å². The van der Waals surface area contributed by atoms with E-state index >= 15 is 0 Å². The number of hydrogen-bond acceptors (Lipinski definition) is 3. The second-order valence-corrected chi connectivity index (χ2v) is 5.88. The average molecular weight is 354 g/mol. The Morgan fingerprint density at radius 2 is 1.91 bits per heavy atom. The number of para-hydroxylation sites is 1. The van der Waals surface area contributed by atoms with Crippen LogP contribution in [-0.2, 0) is 0 Å². The van der Waals surface area contributed by atoms with Gasteiger partial charge in [0.2, 0.25) is 0 Å². The van der Waals surface area contributed by atoms with Crippen LogP contribution >= 0.6 is 24.8 Å². The zero-order valence-electron chi connectivity index (χ0n) is 13.5. The number of pyridine rings is 1. The van der Waals surface area contributed by atoms with Gasteiger partial charge in [0.25, 0.3) is 0 Å². The highest BCUT2D eigenvalue weighted by Crippen LogP contribution is 2.31. The predicted molar refractivity (Wildman–Crippen MR) is 103 cm³/mol. The minimum Gasteiger partial charge on any atom is -0.314 e. The van der Waals surface area contributed by atoms with Crippen molar-refractivity contribution in [3.05, 3.63) is 54.2 Å². The van der Waals surface area contributed by atoms with E-state index in [1.165, 1.54) is 16.5 Å². The topological polar surface area (TPSA) is 28.2 Å². The van der Waals surface area contributed by atoms with E-state index in [1.807, 2.05) is 6.20 Å². The molecule has 1 aromatic carbocycles. The minimum atomic E-state index is 0. The van der Waals surface area contributed by atoms with E-state index in [-0.39, 0.29) is 24.8 Å². The Hall–Kier alpha value is -1.13. The maximum absolute atomic E-state index is 4.50. The number of halogens is 2. The molecule has 1 fully saturated rings. The Morgan fingerprint density at radius 1 is 1.22 bits per heavy atom. The number of nitrogens with one attached hydrogen (secondary N) is 1. The zero-order valence-corrected chi connectivity index (χ0v) is 15.1. The molecule has 2 heterocycles. The molecule has 3 nitrogen and oxygen atoms in total. The van der Waals surface area contributed by atoms with Crippen LogP contribution in [0.15, 0.2) is 48.7 Å². The van der Waals surface area contributed by atoms with Gasteiger partial charge in [0.1, 0.15) is 0 Å². The molecule has 0 unspecified atom stereocenters. The van der Waals surface area contributed by atoms with Crippen LogP contribution in [0.1, 0.15) is 24.9 Å². The standard InChI is InChI=1S/C18H23N3.2ClH/c1-14(2)13-18(21-11-9-19-10-12-21)16-7-8-20-17-6-4-3-5-15(16)17;;/h3-8,18-19H,1,9-13H2,2H3;2*1H/t18-;;/m0../s1. The SMILES string of the molecule is C=C(C)C[C@@H](c1ccnc2ccccc12)N1CCNCC1.Cl.Cl. The third-order valence-corrected chi connectivity index (χ3v) is 4.18. The number of rotatable bonds is 4. The lowest BCUT2D eigenvalue weighted by atomic mass is 9.95. The monoisotopic (exact) mass is 353 g/mol. The van der Waals surface area contributed by atoms with Crippen LogP contribution in [0.2, 0.25) is 0 Å². The third kappa shape index (κ3) is 4.67. The lowest BCUT2D eigenvalue weighted by Gasteiger charge is -2.36. The number of fused-ring (bicyclic) bond motifs is 1. The fourth-order valence-electron chi connectivity index (χ4n) is 3.17. The van der Waals surface area contributed by atoms with E-state index in [2.05, 4.69) is 59.0 Å². The van der Waals surface area contributed by atoms with Gasteiger partial charge in [0, 0.05) is 43.8 Å². The van der Waals surface area contributed by atoms with Crippen LogP contribution in [0, 0.1) is 0 Å². The fraction of sp³-hybridized carbons (Fsp3) is 0.389. The Morgan fingerprint density at radius 3 is 2.61 bits per heavy atom. The molecule has 23 heavy (non-hydrogen) atoms. The largest absolute Gasteiger partial charge is 0.314 e. The number of hydrogen-bond donors (Lipinski definition) is 1. The summed E-state index contributed by atoms with van der Waals surface area (Å²) in [4.78, 5) is 7.07. The average Bonchev–Trinajstić information content (AvgIpc) is 2.53. The highest BCUT2D eigenvalue weighted by molar-refractivity contribution is 5.85. The van der Waals surface area contributed by atoms with Crippen molar-refractivity contribution in [2.24, 2.45) is 0 Å². The molecule has 1 atom stereocenters. The summed E-state index contributed by atoms with van der Waals surface area (Å²) in [6.07, 6.45) is 2.94. The van der Waals surface area contributed by atoms with Gasteiger partial charge >= 0.3 is 0 Å². The maximum atomic E-state index is 4.50. The number of piperazine rings is 1. The summed E-state index contributed by atoms with van der Waals surface area (Å²) in [6, 6.07) is 11.0. The van der Waals surface area contributed by atoms with Gasteiger partial charge in [-0.3, -0.25) is 9.88 Å². The van der Waals surface area contributed by atoms with E-state index in [4.69, 9.17) is 0 Å². The molecule has 3 rings (SSSR count). The Bertz CT molecular complexity index is 634. The minimum absolute atomic E-state index is 0. The first-order valence-corrected chi connectivity index (χ1v) is 7.68. The van der Waals surface area contributed by atoms with Gasteiger partial charge in [-0.25, -0.2) is 0 Å². The molecule has 1 saturated heterocycles. The first kappa shape index (κ1) is 19.9. The summed E-state index contributed by atoms with van der Waals surface area (Å²) in [6.45, 7) is 10.6. The molecular weight excluding hydrogens is 329 g/mol. The van der Waals surface area contributed by atoms with Gasteiger partial charge < -0.3 is 5.32 Å². The van der Waals surface area contributed by atoms with Crippen molar-refractivity contribution >= 4 is 35.7 Å². The van der Waals surface area contributed by atoms with Crippen molar-refractivity contribution in [2.45, 2.75) is 19.4 Å². The first-order chi connectivity index (χ1) is 10.3. The van der Waals surface area contributed by atoms with Crippen LogP contribution in [0.5, 0.6) is 0 Å². The van der Waals surface area contributed by atoms with Crippen LogP contribution in [-0.4, -0.2) is 36.1 Å². The van der Waals surface area contributed by atoms with Crippen LogP contribution < -0.4 is 5.32 Å². The molecule has 0 amide bonds. The number of nitrogens with zero attached hydrogens (tertiary/aromatic N) is 2. The van der Waals surface area contributed by atoms with Crippen LogP contribution in [0.25, 0.3) is 10.9 Å². The van der Waals surface area contributed by atoms with Gasteiger partial charge in [0.15, 0.2) is 0 Å². The number of benzene rings is 1. The zero-order chi connectivity index (χ0) is 14.7. The second-order valence-electron chi connectivity index (χ2n) is 5.88.